The Morgan fingerprint density at radius 3 is 2.48 bits per heavy atom. The fourth-order valence-corrected chi connectivity index (χ4v) is 3.11. The molecule has 0 saturated carbocycles. The molecule has 10 nitrogen and oxygen atoms in total. The van der Waals surface area contributed by atoms with Gasteiger partial charge in [0.05, 0.1) is 13.2 Å². The molecule has 2 aromatic rings. The molecule has 0 radical (unpaired) electrons. The van der Waals surface area contributed by atoms with Crippen LogP contribution in [0, 0.1) is 0 Å². The Kier molecular flexibility index (Phi) is 7.74. The number of nitrogens with zero attached hydrogens (tertiary/aromatic N) is 2. The molecule has 0 spiro atoms. The number of H-pyrrole nitrogens is 1. The zero-order valence-corrected chi connectivity index (χ0v) is 17.3. The van der Waals surface area contributed by atoms with Crippen molar-refractivity contribution in [1.82, 2.24) is 19.8 Å². The van der Waals surface area contributed by atoms with Gasteiger partial charge in [-0.3, -0.25) is 28.8 Å². The van der Waals surface area contributed by atoms with Gasteiger partial charge in [0.1, 0.15) is 6.54 Å². The Labute approximate surface area is 178 Å². The molecular formula is C21H26N4O6. The summed E-state index contributed by atoms with van der Waals surface area (Å²) in [6.07, 6.45) is 0.169. The molecule has 2 heterocycles. The maximum Gasteiger partial charge on any atom is 0.328 e. The van der Waals surface area contributed by atoms with Crippen LogP contribution in [0.3, 0.4) is 0 Å². The van der Waals surface area contributed by atoms with Crippen LogP contribution in [0.25, 0.3) is 0 Å². The second-order valence-electron chi connectivity index (χ2n) is 7.29. The molecule has 10 heteroatoms. The highest BCUT2D eigenvalue weighted by Gasteiger charge is 2.18. The molecule has 2 N–H and O–H groups in total. The summed E-state index contributed by atoms with van der Waals surface area (Å²) in [6.45, 7) is 5.57. The molecule has 1 aromatic heterocycles. The van der Waals surface area contributed by atoms with Crippen LogP contribution < -0.4 is 16.6 Å². The zero-order valence-electron chi connectivity index (χ0n) is 17.3. The van der Waals surface area contributed by atoms with E-state index in [4.69, 9.17) is 9.47 Å². The average Bonchev–Trinajstić information content (AvgIpc) is 2.75. The molecule has 166 valence electrons. The van der Waals surface area contributed by atoms with E-state index in [9.17, 15) is 19.2 Å². The molecule has 1 fully saturated rings. The molecule has 1 atom stereocenters. The minimum Gasteiger partial charge on any atom is -0.451 e. The lowest BCUT2D eigenvalue weighted by Gasteiger charge is -2.26. The van der Waals surface area contributed by atoms with Crippen LogP contribution in [0.5, 0.6) is 0 Å². The third kappa shape index (κ3) is 6.90. The number of nitrogens with one attached hydrogen (secondary N) is 2. The molecule has 1 aliphatic heterocycles. The Morgan fingerprint density at radius 1 is 1.13 bits per heavy atom. The monoisotopic (exact) mass is 430 g/mol. The SMILES string of the molecule is CC(OC(=O)Cn1ccc(=O)[nH]c1=O)C(=O)NCc1ccc(CN2CCOCC2)cc1. The molecule has 1 unspecified atom stereocenters. The number of aromatic nitrogens is 2. The van der Waals surface area contributed by atoms with Gasteiger partial charge in [0.25, 0.3) is 11.5 Å². The topological polar surface area (TPSA) is 123 Å². The average molecular weight is 430 g/mol. The first-order valence-corrected chi connectivity index (χ1v) is 10.1. The molecule has 0 bridgehead atoms. The number of amides is 1. The summed E-state index contributed by atoms with van der Waals surface area (Å²) in [5.74, 6) is -1.20. The summed E-state index contributed by atoms with van der Waals surface area (Å²) in [5.41, 5.74) is 0.837. The van der Waals surface area contributed by atoms with Crippen LogP contribution in [0.1, 0.15) is 18.1 Å². The van der Waals surface area contributed by atoms with Crippen molar-refractivity contribution < 1.29 is 19.1 Å². The van der Waals surface area contributed by atoms with Crippen molar-refractivity contribution in [3.63, 3.8) is 0 Å². The highest BCUT2D eigenvalue weighted by atomic mass is 16.5. The van der Waals surface area contributed by atoms with Crippen LogP contribution in [0.2, 0.25) is 0 Å². The Morgan fingerprint density at radius 2 is 1.81 bits per heavy atom. The maximum atomic E-state index is 12.2. The lowest BCUT2D eigenvalue weighted by molar-refractivity contribution is -0.155. The van der Waals surface area contributed by atoms with Crippen molar-refractivity contribution in [2.75, 3.05) is 26.3 Å². The quantitative estimate of drug-likeness (QED) is 0.547. The first kappa shape index (κ1) is 22.4. The van der Waals surface area contributed by atoms with Gasteiger partial charge in [-0.15, -0.1) is 0 Å². The van der Waals surface area contributed by atoms with E-state index in [1.54, 1.807) is 0 Å². The Balaban J connectivity index is 1.43. The molecule has 1 aromatic carbocycles. The van der Waals surface area contributed by atoms with E-state index in [0.717, 1.165) is 49.0 Å². The van der Waals surface area contributed by atoms with Gasteiger partial charge in [-0.25, -0.2) is 4.79 Å². The van der Waals surface area contributed by atoms with E-state index >= 15 is 0 Å². The lowest BCUT2D eigenvalue weighted by atomic mass is 10.1. The normalized spacial score (nSPS) is 15.3. The number of aromatic amines is 1. The number of carbonyl (C=O) groups is 2. The summed E-state index contributed by atoms with van der Waals surface area (Å²) in [5, 5.41) is 2.73. The van der Waals surface area contributed by atoms with E-state index in [-0.39, 0.29) is 0 Å². The van der Waals surface area contributed by atoms with E-state index in [1.807, 2.05) is 29.2 Å². The number of hydrogen-bond acceptors (Lipinski definition) is 7. The van der Waals surface area contributed by atoms with Crippen LogP contribution >= 0.6 is 0 Å². The Hall–Kier alpha value is -3.24. The van der Waals surface area contributed by atoms with Crippen molar-refractivity contribution >= 4 is 11.9 Å². The minimum atomic E-state index is -1.02. The smallest absolute Gasteiger partial charge is 0.328 e. The predicted molar refractivity (Wildman–Crippen MR) is 111 cm³/mol. The highest BCUT2D eigenvalue weighted by molar-refractivity contribution is 5.83. The van der Waals surface area contributed by atoms with Crippen molar-refractivity contribution in [3.05, 3.63) is 68.5 Å². The second kappa shape index (κ2) is 10.7. The van der Waals surface area contributed by atoms with Crippen molar-refractivity contribution in [2.45, 2.75) is 32.7 Å². The standard InChI is InChI=1S/C21H26N4O6/c1-15(31-19(27)14-25-7-6-18(26)23-21(25)29)20(28)22-12-16-2-4-17(5-3-16)13-24-8-10-30-11-9-24/h2-7,15H,8-14H2,1H3,(H,22,28)(H,23,26,29). The van der Waals surface area contributed by atoms with E-state index in [1.165, 1.54) is 18.7 Å². The predicted octanol–water partition coefficient (Wildman–Crippen LogP) is -0.383. The van der Waals surface area contributed by atoms with E-state index in [2.05, 4.69) is 10.2 Å². The number of carbonyl (C=O) groups excluding carboxylic acids is 2. The Bertz CT molecular complexity index is 1010. The number of morpholine rings is 1. The van der Waals surface area contributed by atoms with Crippen LogP contribution in [0.15, 0.2) is 46.1 Å². The van der Waals surface area contributed by atoms with Gasteiger partial charge in [0, 0.05) is 38.4 Å². The van der Waals surface area contributed by atoms with Gasteiger partial charge in [0.2, 0.25) is 0 Å². The van der Waals surface area contributed by atoms with E-state index in [0.29, 0.717) is 6.54 Å². The van der Waals surface area contributed by atoms with Gasteiger partial charge < -0.3 is 14.8 Å². The summed E-state index contributed by atoms with van der Waals surface area (Å²) in [7, 11) is 0. The van der Waals surface area contributed by atoms with Crippen LogP contribution in [-0.4, -0.2) is 58.7 Å². The fourth-order valence-electron chi connectivity index (χ4n) is 3.11. The third-order valence-electron chi connectivity index (χ3n) is 4.87. The zero-order chi connectivity index (χ0) is 22.2. The number of hydrogen-bond donors (Lipinski definition) is 2. The third-order valence-corrected chi connectivity index (χ3v) is 4.87. The molecule has 3 rings (SSSR count). The molecule has 1 aliphatic rings. The summed E-state index contributed by atoms with van der Waals surface area (Å²) in [4.78, 5) is 51.2. The molecule has 1 saturated heterocycles. The number of esters is 1. The maximum absolute atomic E-state index is 12.2. The van der Waals surface area contributed by atoms with E-state index < -0.39 is 35.8 Å². The fraction of sp³-hybridized carbons (Fsp3) is 0.429. The van der Waals surface area contributed by atoms with Gasteiger partial charge in [-0.2, -0.15) is 0 Å². The summed E-state index contributed by atoms with van der Waals surface area (Å²) in [6, 6.07) is 9.09. The van der Waals surface area contributed by atoms with Gasteiger partial charge in [0.15, 0.2) is 6.10 Å². The second-order valence-corrected chi connectivity index (χ2v) is 7.29. The first-order valence-electron chi connectivity index (χ1n) is 10.1. The van der Waals surface area contributed by atoms with Crippen molar-refractivity contribution in [3.8, 4) is 0 Å². The van der Waals surface area contributed by atoms with Crippen LogP contribution in [0.4, 0.5) is 0 Å². The summed E-state index contributed by atoms with van der Waals surface area (Å²) >= 11 is 0. The van der Waals surface area contributed by atoms with Crippen molar-refractivity contribution in [1.29, 1.82) is 0 Å². The highest BCUT2D eigenvalue weighted by Crippen LogP contribution is 2.09. The van der Waals surface area contributed by atoms with Crippen LogP contribution in [-0.2, 0) is 38.7 Å². The summed E-state index contributed by atoms with van der Waals surface area (Å²) < 4.78 is 11.4. The minimum absolute atomic E-state index is 0.304. The number of benzene rings is 1. The number of rotatable bonds is 8. The lowest BCUT2D eigenvalue weighted by Crippen LogP contribution is -2.37. The molecule has 1 amide bonds. The van der Waals surface area contributed by atoms with Gasteiger partial charge in [-0.05, 0) is 18.1 Å². The molecule has 0 aliphatic carbocycles. The first-order chi connectivity index (χ1) is 14.9. The van der Waals surface area contributed by atoms with Gasteiger partial charge >= 0.3 is 11.7 Å². The molecule has 31 heavy (non-hydrogen) atoms. The number of ether oxygens (including phenoxy) is 2. The largest absolute Gasteiger partial charge is 0.451 e. The van der Waals surface area contributed by atoms with Gasteiger partial charge in [-0.1, -0.05) is 24.3 Å². The van der Waals surface area contributed by atoms with Crippen molar-refractivity contribution in [2.24, 2.45) is 0 Å². The molecular weight excluding hydrogens is 404 g/mol.